The van der Waals surface area contributed by atoms with E-state index in [1.807, 2.05) is 73.7 Å². The van der Waals surface area contributed by atoms with Gasteiger partial charge in [0.2, 0.25) is 5.91 Å². The van der Waals surface area contributed by atoms with E-state index in [0.29, 0.717) is 22.7 Å². The Morgan fingerprint density at radius 2 is 1.61 bits per heavy atom. The number of carbonyl (C=O) groups is 2. The van der Waals surface area contributed by atoms with Crippen molar-refractivity contribution < 1.29 is 22.6 Å². The maximum absolute atomic E-state index is 14.0. The lowest BCUT2D eigenvalue weighted by molar-refractivity contribution is -0.117. The van der Waals surface area contributed by atoms with E-state index in [1.54, 1.807) is 24.3 Å². The summed E-state index contributed by atoms with van der Waals surface area (Å²) >= 11 is 6.14. The van der Waals surface area contributed by atoms with Gasteiger partial charge in [-0.2, -0.15) is 8.42 Å². The molecule has 0 bridgehead atoms. The summed E-state index contributed by atoms with van der Waals surface area (Å²) in [6.07, 6.45) is 4.55. The number of amides is 2. The lowest BCUT2D eigenvalue weighted by atomic mass is 9.86. The summed E-state index contributed by atoms with van der Waals surface area (Å²) in [5, 5.41) is 6.28. The SMILES string of the molecule is Cc1cc(Cl)ccc1-c1ccc(NC(=O)C(Cc2ccc(C(=O)NCCS(=O)(=O)O)cc2)c2ccccc2/C=C/C(C)(C)C)cc1. The van der Waals surface area contributed by atoms with Crippen molar-refractivity contribution in [3.63, 3.8) is 0 Å². The van der Waals surface area contributed by atoms with Crippen LogP contribution in [0.4, 0.5) is 5.69 Å². The zero-order chi connectivity index (χ0) is 33.5. The quantitative estimate of drug-likeness (QED) is 0.142. The van der Waals surface area contributed by atoms with Crippen LogP contribution < -0.4 is 10.6 Å². The molecule has 0 saturated carbocycles. The zero-order valence-electron chi connectivity index (χ0n) is 26.4. The van der Waals surface area contributed by atoms with Crippen LogP contribution in [0.5, 0.6) is 0 Å². The minimum Gasteiger partial charge on any atom is -0.351 e. The highest BCUT2D eigenvalue weighted by atomic mass is 35.5. The second kappa shape index (κ2) is 14.9. The molecule has 4 rings (SSSR count). The number of benzene rings is 4. The number of halogens is 1. The topological polar surface area (TPSA) is 113 Å². The number of hydrogen-bond donors (Lipinski definition) is 3. The molecular weight excluding hydrogens is 620 g/mol. The molecule has 4 aromatic carbocycles. The highest BCUT2D eigenvalue weighted by Crippen LogP contribution is 2.30. The van der Waals surface area contributed by atoms with E-state index in [4.69, 9.17) is 16.2 Å². The van der Waals surface area contributed by atoms with Gasteiger partial charge in [0.1, 0.15) is 0 Å². The summed E-state index contributed by atoms with van der Waals surface area (Å²) in [6, 6.07) is 28.2. The highest BCUT2D eigenvalue weighted by Gasteiger charge is 2.24. The van der Waals surface area contributed by atoms with Crippen molar-refractivity contribution in [2.75, 3.05) is 17.6 Å². The Morgan fingerprint density at radius 1 is 0.935 bits per heavy atom. The minimum absolute atomic E-state index is 0.0488. The Labute approximate surface area is 276 Å². The summed E-state index contributed by atoms with van der Waals surface area (Å²) in [7, 11) is -4.18. The molecule has 3 N–H and O–H groups in total. The van der Waals surface area contributed by atoms with E-state index in [0.717, 1.165) is 33.4 Å². The van der Waals surface area contributed by atoms with Crippen LogP contribution in [-0.4, -0.2) is 37.1 Å². The van der Waals surface area contributed by atoms with Gasteiger partial charge in [0.15, 0.2) is 0 Å². The van der Waals surface area contributed by atoms with Crippen molar-refractivity contribution in [2.45, 2.75) is 40.0 Å². The molecule has 1 unspecified atom stereocenters. The largest absolute Gasteiger partial charge is 0.351 e. The molecule has 0 aliphatic rings. The predicted octanol–water partition coefficient (Wildman–Crippen LogP) is 7.96. The summed E-state index contributed by atoms with van der Waals surface area (Å²) < 4.78 is 30.8. The lowest BCUT2D eigenvalue weighted by Gasteiger charge is -2.21. The monoisotopic (exact) mass is 658 g/mol. The van der Waals surface area contributed by atoms with Crippen LogP contribution in [0.2, 0.25) is 5.02 Å². The molecule has 0 saturated heterocycles. The Kier molecular flexibility index (Phi) is 11.2. The maximum Gasteiger partial charge on any atom is 0.266 e. The van der Waals surface area contributed by atoms with Crippen molar-refractivity contribution in [2.24, 2.45) is 5.41 Å². The number of aryl methyl sites for hydroxylation is 1. The van der Waals surface area contributed by atoms with Crippen LogP contribution in [0.15, 0.2) is 97.1 Å². The van der Waals surface area contributed by atoms with Crippen molar-refractivity contribution >= 4 is 45.3 Å². The van der Waals surface area contributed by atoms with Gasteiger partial charge in [0.05, 0.1) is 11.7 Å². The first kappa shape index (κ1) is 34.6. The van der Waals surface area contributed by atoms with Gasteiger partial charge in [-0.3, -0.25) is 14.1 Å². The fourth-order valence-electron chi connectivity index (χ4n) is 5.00. The summed E-state index contributed by atoms with van der Waals surface area (Å²) in [5.74, 6) is -1.74. The number of anilines is 1. The summed E-state index contributed by atoms with van der Waals surface area (Å²) in [6.45, 7) is 8.15. The van der Waals surface area contributed by atoms with Gasteiger partial charge in [0.25, 0.3) is 16.0 Å². The Hall–Kier alpha value is -4.24. The van der Waals surface area contributed by atoms with Crippen LogP contribution >= 0.6 is 11.6 Å². The first-order chi connectivity index (χ1) is 21.7. The molecule has 46 heavy (non-hydrogen) atoms. The smallest absolute Gasteiger partial charge is 0.266 e. The minimum atomic E-state index is -4.18. The molecule has 0 aliphatic carbocycles. The molecule has 240 valence electrons. The van der Waals surface area contributed by atoms with Gasteiger partial charge in [-0.25, -0.2) is 0 Å². The molecule has 2 amide bonds. The van der Waals surface area contributed by atoms with Crippen molar-refractivity contribution in [3.05, 3.63) is 130 Å². The zero-order valence-corrected chi connectivity index (χ0v) is 28.0. The average molecular weight is 659 g/mol. The summed E-state index contributed by atoms with van der Waals surface area (Å²) in [4.78, 5) is 26.5. The molecule has 0 radical (unpaired) electrons. The number of hydrogen-bond acceptors (Lipinski definition) is 4. The third-order valence-corrected chi connectivity index (χ3v) is 8.36. The number of rotatable bonds is 11. The Morgan fingerprint density at radius 3 is 2.24 bits per heavy atom. The predicted molar refractivity (Wildman–Crippen MR) is 187 cm³/mol. The normalized spacial score (nSPS) is 12.6. The third-order valence-electron chi connectivity index (χ3n) is 7.40. The van der Waals surface area contributed by atoms with E-state index < -0.39 is 27.7 Å². The molecule has 0 aromatic heterocycles. The van der Waals surface area contributed by atoms with Crippen LogP contribution in [0.25, 0.3) is 17.2 Å². The molecular formula is C37H39ClN2O5S. The van der Waals surface area contributed by atoms with E-state index >= 15 is 0 Å². The van der Waals surface area contributed by atoms with E-state index in [9.17, 15) is 18.0 Å². The van der Waals surface area contributed by atoms with Gasteiger partial charge >= 0.3 is 0 Å². The van der Waals surface area contributed by atoms with Crippen molar-refractivity contribution in [1.82, 2.24) is 5.32 Å². The maximum atomic E-state index is 14.0. The fourth-order valence-corrected chi connectivity index (χ4v) is 5.59. The number of nitrogens with one attached hydrogen (secondary N) is 2. The van der Waals surface area contributed by atoms with E-state index in [1.165, 1.54) is 0 Å². The van der Waals surface area contributed by atoms with Crippen LogP contribution in [0.1, 0.15) is 59.3 Å². The molecule has 9 heteroatoms. The van der Waals surface area contributed by atoms with Crippen LogP contribution in [0.3, 0.4) is 0 Å². The molecule has 0 heterocycles. The van der Waals surface area contributed by atoms with E-state index in [-0.39, 0.29) is 17.9 Å². The van der Waals surface area contributed by atoms with E-state index in [2.05, 4.69) is 43.6 Å². The first-order valence-electron chi connectivity index (χ1n) is 15.0. The van der Waals surface area contributed by atoms with Crippen LogP contribution in [-0.2, 0) is 21.3 Å². The van der Waals surface area contributed by atoms with Gasteiger partial charge in [-0.1, -0.05) is 99.1 Å². The highest BCUT2D eigenvalue weighted by molar-refractivity contribution is 7.85. The number of carbonyl (C=O) groups excluding carboxylic acids is 2. The number of allylic oxidation sites excluding steroid dienone is 1. The molecule has 0 aliphatic heterocycles. The Balaban J connectivity index is 1.59. The lowest BCUT2D eigenvalue weighted by Crippen LogP contribution is -2.28. The van der Waals surface area contributed by atoms with Gasteiger partial charge in [0, 0.05) is 22.8 Å². The summed E-state index contributed by atoms with van der Waals surface area (Å²) in [5.41, 5.74) is 6.77. The molecule has 4 aromatic rings. The molecule has 1 atom stereocenters. The second-order valence-electron chi connectivity index (χ2n) is 12.3. The van der Waals surface area contributed by atoms with Crippen LogP contribution in [0, 0.1) is 12.3 Å². The van der Waals surface area contributed by atoms with Gasteiger partial charge < -0.3 is 10.6 Å². The molecule has 0 fully saturated rings. The first-order valence-corrected chi connectivity index (χ1v) is 17.0. The van der Waals surface area contributed by atoms with Crippen molar-refractivity contribution in [1.29, 1.82) is 0 Å². The van der Waals surface area contributed by atoms with Gasteiger partial charge in [-0.15, -0.1) is 0 Å². The average Bonchev–Trinajstić information content (AvgIpc) is 2.99. The van der Waals surface area contributed by atoms with Crippen molar-refractivity contribution in [3.8, 4) is 11.1 Å². The fraction of sp³-hybridized carbons (Fsp3) is 0.243. The Bertz CT molecular complexity index is 1830. The van der Waals surface area contributed by atoms with Gasteiger partial charge in [-0.05, 0) is 88.5 Å². The molecule has 7 nitrogen and oxygen atoms in total. The standard InChI is InChI=1S/C37H39ClN2O5S/c1-25-23-30(38)15-18-32(25)28-13-16-31(17-14-28)40-36(42)34(33-8-6-5-7-27(33)19-20-37(2,3)4)24-26-9-11-29(12-10-26)35(41)39-21-22-46(43,44)45/h5-20,23,34H,21-22,24H2,1-4H3,(H,39,41)(H,40,42)(H,43,44,45)/b20-19+. The molecule has 0 spiro atoms. The third kappa shape index (κ3) is 10.1. The second-order valence-corrected chi connectivity index (χ2v) is 14.4.